The van der Waals surface area contributed by atoms with Crippen molar-refractivity contribution in [3.63, 3.8) is 0 Å². The van der Waals surface area contributed by atoms with Crippen LogP contribution >= 0.6 is 0 Å². The smallest absolute Gasteiger partial charge is 0.305 e. The van der Waals surface area contributed by atoms with Gasteiger partial charge in [-0.3, -0.25) is 19.2 Å². The van der Waals surface area contributed by atoms with Crippen LogP contribution in [0, 0.1) is 5.92 Å². The van der Waals surface area contributed by atoms with Gasteiger partial charge < -0.3 is 30.2 Å². The Bertz CT molecular complexity index is 854. The third-order valence-electron chi connectivity index (χ3n) is 5.30. The molecule has 1 saturated heterocycles. The minimum absolute atomic E-state index is 0.247. The van der Waals surface area contributed by atoms with E-state index in [0.29, 0.717) is 37.0 Å². The van der Waals surface area contributed by atoms with Gasteiger partial charge in [-0.25, -0.2) is 0 Å². The number of aldehydes is 1. The second-order valence-corrected chi connectivity index (χ2v) is 7.96. The van der Waals surface area contributed by atoms with Crippen molar-refractivity contribution in [2.45, 2.75) is 51.2 Å². The van der Waals surface area contributed by atoms with Gasteiger partial charge in [-0.15, -0.1) is 0 Å². The Labute approximate surface area is 186 Å². The first-order valence-corrected chi connectivity index (χ1v) is 10.4. The molecule has 1 aliphatic heterocycles. The number of rotatable bonds is 10. The average Bonchev–Trinajstić information content (AvgIpc) is 3.26. The number of carbonyl (C=O) groups excluding carboxylic acids is 4. The van der Waals surface area contributed by atoms with Crippen molar-refractivity contribution in [1.29, 1.82) is 0 Å². The number of carboxylic acids is 1. The van der Waals surface area contributed by atoms with E-state index in [-0.39, 0.29) is 5.92 Å². The molecule has 0 aliphatic carbocycles. The summed E-state index contributed by atoms with van der Waals surface area (Å²) in [6.45, 7) is 3.90. The van der Waals surface area contributed by atoms with Crippen LogP contribution in [-0.4, -0.2) is 71.8 Å². The maximum Gasteiger partial charge on any atom is 0.305 e. The molecule has 3 unspecified atom stereocenters. The van der Waals surface area contributed by atoms with Crippen molar-refractivity contribution in [1.82, 2.24) is 15.5 Å². The summed E-state index contributed by atoms with van der Waals surface area (Å²) < 4.78 is 5.08. The van der Waals surface area contributed by atoms with Crippen LogP contribution < -0.4 is 15.4 Å². The molecule has 1 aromatic rings. The lowest BCUT2D eigenvalue weighted by atomic mass is 10.0. The van der Waals surface area contributed by atoms with Gasteiger partial charge in [-0.05, 0) is 43.0 Å². The molecule has 0 aromatic heterocycles. The summed E-state index contributed by atoms with van der Waals surface area (Å²) in [6, 6.07) is 3.59. The highest BCUT2D eigenvalue weighted by molar-refractivity contribution is 5.99. The summed E-state index contributed by atoms with van der Waals surface area (Å²) in [7, 11) is 1.52. The molecule has 2 rings (SSSR count). The fraction of sp³-hybridized carbons (Fsp3) is 0.500. The van der Waals surface area contributed by atoms with Gasteiger partial charge in [0.15, 0.2) is 0 Å². The normalized spacial score (nSPS) is 17.4. The first kappa shape index (κ1) is 24.8. The minimum Gasteiger partial charge on any atom is -0.497 e. The van der Waals surface area contributed by atoms with Crippen molar-refractivity contribution >= 4 is 30.0 Å². The van der Waals surface area contributed by atoms with Crippen LogP contribution in [0.15, 0.2) is 24.3 Å². The van der Waals surface area contributed by atoms with E-state index in [2.05, 4.69) is 10.6 Å². The SMILES string of the molecule is COc1ccc(C(=O)NC(C(=O)N2CCCC2C(=O)NC(C=O)CC(=O)O)C(C)C)cc1. The molecular formula is C22H29N3O7. The maximum absolute atomic E-state index is 13.2. The third kappa shape index (κ3) is 6.29. The molecule has 174 valence electrons. The van der Waals surface area contributed by atoms with E-state index in [0.717, 1.165) is 0 Å². The number of hydrogen-bond donors (Lipinski definition) is 3. The molecule has 1 fully saturated rings. The Morgan fingerprint density at radius 3 is 2.38 bits per heavy atom. The van der Waals surface area contributed by atoms with E-state index >= 15 is 0 Å². The molecule has 10 nitrogen and oxygen atoms in total. The number of ether oxygens (including phenoxy) is 1. The number of amides is 3. The van der Waals surface area contributed by atoms with Gasteiger partial charge in [0.2, 0.25) is 11.8 Å². The predicted octanol–water partition coefficient (Wildman–Crippen LogP) is 0.599. The van der Waals surface area contributed by atoms with Crippen molar-refractivity contribution < 1.29 is 33.8 Å². The van der Waals surface area contributed by atoms with Gasteiger partial charge in [0.25, 0.3) is 5.91 Å². The average molecular weight is 447 g/mol. The van der Waals surface area contributed by atoms with Crippen LogP contribution in [0.4, 0.5) is 0 Å². The fourth-order valence-corrected chi connectivity index (χ4v) is 3.56. The zero-order valence-corrected chi connectivity index (χ0v) is 18.4. The monoisotopic (exact) mass is 447 g/mol. The van der Waals surface area contributed by atoms with Crippen molar-refractivity contribution in [3.05, 3.63) is 29.8 Å². The molecular weight excluding hydrogens is 418 g/mol. The molecule has 0 saturated carbocycles. The zero-order valence-electron chi connectivity index (χ0n) is 18.4. The van der Waals surface area contributed by atoms with Crippen molar-refractivity contribution in [2.24, 2.45) is 5.92 Å². The van der Waals surface area contributed by atoms with Crippen molar-refractivity contribution in [2.75, 3.05) is 13.7 Å². The Balaban J connectivity index is 2.11. The van der Waals surface area contributed by atoms with Crippen LogP contribution in [0.1, 0.15) is 43.5 Å². The van der Waals surface area contributed by atoms with Gasteiger partial charge in [-0.1, -0.05) is 13.8 Å². The number of aliphatic carboxylic acids is 1. The first-order valence-electron chi connectivity index (χ1n) is 10.4. The van der Waals surface area contributed by atoms with Crippen LogP contribution in [0.5, 0.6) is 5.75 Å². The van der Waals surface area contributed by atoms with Crippen LogP contribution in [0.2, 0.25) is 0 Å². The summed E-state index contributed by atoms with van der Waals surface area (Å²) >= 11 is 0. The lowest BCUT2D eigenvalue weighted by Gasteiger charge is -2.31. The van der Waals surface area contributed by atoms with E-state index in [4.69, 9.17) is 9.84 Å². The maximum atomic E-state index is 13.2. The van der Waals surface area contributed by atoms with Crippen LogP contribution in [0.3, 0.4) is 0 Å². The molecule has 3 N–H and O–H groups in total. The summed E-state index contributed by atoms with van der Waals surface area (Å²) in [5.74, 6) is -2.28. The largest absolute Gasteiger partial charge is 0.497 e. The summed E-state index contributed by atoms with van der Waals surface area (Å²) in [5.41, 5.74) is 0.363. The van der Waals surface area contributed by atoms with Gasteiger partial charge in [0.1, 0.15) is 24.1 Å². The standard InChI is InChI=1S/C22H29N3O7/c1-13(2)19(24-20(29)14-6-8-16(32-3)9-7-14)22(31)25-10-4-5-17(25)21(30)23-15(12-26)11-18(27)28/h6-9,12-13,15,17,19H,4-5,10-11H2,1-3H3,(H,23,30)(H,24,29)(H,27,28). The molecule has 0 bridgehead atoms. The number of carbonyl (C=O) groups is 5. The van der Waals surface area contributed by atoms with E-state index in [1.54, 1.807) is 38.1 Å². The minimum atomic E-state index is -1.22. The van der Waals surface area contributed by atoms with E-state index < -0.39 is 48.2 Å². The van der Waals surface area contributed by atoms with Crippen LogP contribution in [0.25, 0.3) is 0 Å². The molecule has 3 amide bonds. The number of methoxy groups -OCH3 is 1. The first-order chi connectivity index (χ1) is 15.2. The molecule has 1 heterocycles. The van der Waals surface area contributed by atoms with Gasteiger partial charge in [0, 0.05) is 12.1 Å². The highest BCUT2D eigenvalue weighted by atomic mass is 16.5. The zero-order chi connectivity index (χ0) is 23.8. The number of nitrogens with one attached hydrogen (secondary N) is 2. The van der Waals surface area contributed by atoms with E-state index in [1.807, 2.05) is 0 Å². The topological polar surface area (TPSA) is 142 Å². The third-order valence-corrected chi connectivity index (χ3v) is 5.30. The number of nitrogens with zero attached hydrogens (tertiary/aromatic N) is 1. The molecule has 0 spiro atoms. The molecule has 10 heteroatoms. The van der Waals surface area contributed by atoms with Crippen LogP contribution in [-0.2, 0) is 19.2 Å². The lowest BCUT2D eigenvalue weighted by Crippen LogP contribution is -2.56. The Morgan fingerprint density at radius 1 is 1.19 bits per heavy atom. The summed E-state index contributed by atoms with van der Waals surface area (Å²) in [4.78, 5) is 61.9. The fourth-order valence-electron chi connectivity index (χ4n) is 3.56. The Morgan fingerprint density at radius 2 is 1.84 bits per heavy atom. The molecule has 0 radical (unpaired) electrons. The lowest BCUT2D eigenvalue weighted by molar-refractivity contribution is -0.142. The molecule has 32 heavy (non-hydrogen) atoms. The Kier molecular flexibility index (Phi) is 8.74. The quantitative estimate of drug-likeness (QED) is 0.446. The molecule has 1 aliphatic rings. The number of likely N-dealkylation sites (tertiary alicyclic amines) is 1. The second-order valence-electron chi connectivity index (χ2n) is 7.96. The predicted molar refractivity (Wildman–Crippen MR) is 114 cm³/mol. The summed E-state index contributed by atoms with van der Waals surface area (Å²) in [5, 5.41) is 14.0. The second kappa shape index (κ2) is 11.3. The highest BCUT2D eigenvalue weighted by Gasteiger charge is 2.39. The summed E-state index contributed by atoms with van der Waals surface area (Å²) in [6.07, 6.45) is 0.779. The number of carboxylic acid groups (broad SMARTS) is 1. The molecule has 1 aromatic carbocycles. The van der Waals surface area contributed by atoms with Gasteiger partial charge >= 0.3 is 5.97 Å². The van der Waals surface area contributed by atoms with E-state index in [9.17, 15) is 24.0 Å². The van der Waals surface area contributed by atoms with E-state index in [1.165, 1.54) is 12.0 Å². The van der Waals surface area contributed by atoms with Crippen molar-refractivity contribution in [3.8, 4) is 5.75 Å². The highest BCUT2D eigenvalue weighted by Crippen LogP contribution is 2.21. The molecule has 3 atom stereocenters. The number of benzene rings is 1. The number of hydrogen-bond acceptors (Lipinski definition) is 6. The Hall–Kier alpha value is -3.43. The van der Waals surface area contributed by atoms with Gasteiger partial charge in [0.05, 0.1) is 19.6 Å². The van der Waals surface area contributed by atoms with Gasteiger partial charge in [-0.2, -0.15) is 0 Å².